The molecule has 0 saturated heterocycles. The van der Waals surface area contributed by atoms with Crippen molar-refractivity contribution in [1.82, 2.24) is 3.93 Å². The summed E-state index contributed by atoms with van der Waals surface area (Å²) in [5.41, 5.74) is -0.906. The highest BCUT2D eigenvalue weighted by molar-refractivity contribution is 8.03. The molecule has 0 saturated carbocycles. The third-order valence-corrected chi connectivity index (χ3v) is 5.83. The van der Waals surface area contributed by atoms with Crippen LogP contribution in [0.3, 0.4) is 0 Å². The number of hydrogen-bond acceptors (Lipinski definition) is 6. The predicted molar refractivity (Wildman–Crippen MR) is 62.7 cm³/mol. The van der Waals surface area contributed by atoms with E-state index in [0.717, 1.165) is 25.1 Å². The minimum atomic E-state index is -5.15. The van der Waals surface area contributed by atoms with E-state index in [2.05, 4.69) is 0 Å². The maximum Gasteiger partial charge on any atom is 0.290 e. The van der Waals surface area contributed by atoms with Crippen molar-refractivity contribution in [3.63, 3.8) is 0 Å². The third-order valence-electron chi connectivity index (χ3n) is 2.11. The highest BCUT2D eigenvalue weighted by atomic mass is 32.3. The molecule has 0 spiro atoms. The molecule has 0 bridgehead atoms. The summed E-state index contributed by atoms with van der Waals surface area (Å²) in [7, 11) is -9.84. The molecule has 0 aliphatic heterocycles. The van der Waals surface area contributed by atoms with Crippen molar-refractivity contribution in [3.05, 3.63) is 34.4 Å². The first-order chi connectivity index (χ1) is 8.64. The van der Waals surface area contributed by atoms with E-state index in [1.165, 1.54) is 6.07 Å². The Balaban J connectivity index is 3.50. The zero-order chi connectivity index (χ0) is 14.8. The van der Waals surface area contributed by atoms with E-state index in [0.29, 0.717) is 0 Å². The maximum atomic E-state index is 13.5. The molecule has 1 rings (SSSR count). The fourth-order valence-electron chi connectivity index (χ4n) is 1.15. The SMILES string of the molecule is CCS(=O)(=O)N(F)S(=O)(=O)c1ccccc1[N+](=O)[O-]. The van der Waals surface area contributed by atoms with Gasteiger partial charge in [-0.1, -0.05) is 12.1 Å². The number of benzene rings is 1. The first-order valence-corrected chi connectivity index (χ1v) is 7.87. The zero-order valence-electron chi connectivity index (χ0n) is 9.55. The Morgan fingerprint density at radius 1 is 1.26 bits per heavy atom. The van der Waals surface area contributed by atoms with Crippen molar-refractivity contribution in [2.45, 2.75) is 11.8 Å². The standard InChI is InChI=1S/C8H9FN2O6S2/c1-2-18(14,15)11(9)19(16,17)8-6-4-3-5-7(8)10(12)13/h3-6H,2H2,1H3. The number of nitro benzene ring substituents is 1. The molecule has 106 valence electrons. The monoisotopic (exact) mass is 312 g/mol. The lowest BCUT2D eigenvalue weighted by Gasteiger charge is -2.11. The molecule has 19 heavy (non-hydrogen) atoms. The van der Waals surface area contributed by atoms with Gasteiger partial charge in [-0.25, -0.2) is 16.8 Å². The number of rotatable bonds is 5. The number of halogens is 1. The summed E-state index contributed by atoms with van der Waals surface area (Å²) in [5.74, 6) is -0.802. The van der Waals surface area contributed by atoms with Crippen molar-refractivity contribution < 1.29 is 26.2 Å². The van der Waals surface area contributed by atoms with Crippen LogP contribution in [0.1, 0.15) is 6.92 Å². The molecule has 0 aliphatic carbocycles. The van der Waals surface area contributed by atoms with Crippen molar-refractivity contribution >= 4 is 25.7 Å². The second-order valence-corrected chi connectivity index (χ2v) is 7.29. The summed E-state index contributed by atoms with van der Waals surface area (Å²) < 4.78 is 58.0. The van der Waals surface area contributed by atoms with E-state index in [-0.39, 0.29) is 0 Å². The van der Waals surface area contributed by atoms with E-state index < -0.39 is 45.2 Å². The van der Waals surface area contributed by atoms with Crippen LogP contribution in [0.2, 0.25) is 0 Å². The average Bonchev–Trinajstić information content (AvgIpc) is 2.37. The van der Waals surface area contributed by atoms with Crippen molar-refractivity contribution in [1.29, 1.82) is 0 Å². The van der Waals surface area contributed by atoms with E-state index >= 15 is 0 Å². The molecule has 1 aromatic carbocycles. The molecule has 0 aliphatic rings. The summed E-state index contributed by atoms with van der Waals surface area (Å²) in [5, 5.41) is 10.7. The number of nitro groups is 1. The lowest BCUT2D eigenvalue weighted by molar-refractivity contribution is -0.387. The van der Waals surface area contributed by atoms with E-state index in [4.69, 9.17) is 0 Å². The molecule has 0 heterocycles. The number of para-hydroxylation sites is 1. The van der Waals surface area contributed by atoms with Gasteiger partial charge >= 0.3 is 0 Å². The van der Waals surface area contributed by atoms with Gasteiger partial charge < -0.3 is 0 Å². The topological polar surface area (TPSA) is 115 Å². The lowest BCUT2D eigenvalue weighted by Crippen LogP contribution is -2.31. The van der Waals surface area contributed by atoms with E-state index in [1.807, 2.05) is 0 Å². The molecule has 11 heteroatoms. The van der Waals surface area contributed by atoms with Crippen molar-refractivity contribution in [2.24, 2.45) is 0 Å². The quantitative estimate of drug-likeness (QED) is 0.451. The van der Waals surface area contributed by atoms with Crippen LogP contribution in [-0.4, -0.2) is 31.4 Å². The fourth-order valence-corrected chi connectivity index (χ4v) is 3.92. The van der Waals surface area contributed by atoms with Gasteiger partial charge in [0, 0.05) is 6.07 Å². The molecule has 0 atom stereocenters. The third kappa shape index (κ3) is 2.88. The van der Waals surface area contributed by atoms with Crippen LogP contribution in [0.5, 0.6) is 0 Å². The second-order valence-electron chi connectivity index (χ2n) is 3.28. The Kier molecular flexibility index (Phi) is 4.22. The summed E-state index contributed by atoms with van der Waals surface area (Å²) in [6.07, 6.45) is 0. The lowest BCUT2D eigenvalue weighted by atomic mass is 10.3. The Morgan fingerprint density at radius 2 is 1.79 bits per heavy atom. The predicted octanol–water partition coefficient (Wildman–Crippen LogP) is 0.820. The molecule has 0 amide bonds. The summed E-state index contributed by atoms with van der Waals surface area (Å²) in [6, 6.07) is 3.88. The van der Waals surface area contributed by atoms with Crippen LogP contribution in [0.25, 0.3) is 0 Å². The molecule has 8 nitrogen and oxygen atoms in total. The Morgan fingerprint density at radius 3 is 2.26 bits per heavy atom. The van der Waals surface area contributed by atoms with Gasteiger partial charge in [-0.05, 0) is 13.0 Å². The Labute approximate surface area is 108 Å². The van der Waals surface area contributed by atoms with Crippen molar-refractivity contribution in [3.8, 4) is 0 Å². The van der Waals surface area contributed by atoms with Gasteiger partial charge in [-0.15, -0.1) is 4.48 Å². The van der Waals surface area contributed by atoms with Crippen molar-refractivity contribution in [2.75, 3.05) is 5.75 Å². The first kappa shape index (κ1) is 15.5. The fraction of sp³-hybridized carbons (Fsp3) is 0.250. The van der Waals surface area contributed by atoms with Crippen LogP contribution in [0.15, 0.2) is 29.2 Å². The number of sulfonamides is 2. The Hall–Kier alpha value is -1.59. The maximum absolute atomic E-state index is 13.5. The van der Waals surface area contributed by atoms with Gasteiger partial charge in [0.25, 0.3) is 25.7 Å². The van der Waals surface area contributed by atoms with Gasteiger partial charge in [-0.2, -0.15) is 0 Å². The highest BCUT2D eigenvalue weighted by Crippen LogP contribution is 2.28. The molecule has 0 N–H and O–H groups in total. The summed E-state index contributed by atoms with van der Waals surface area (Å²) in [4.78, 5) is 8.59. The first-order valence-electron chi connectivity index (χ1n) is 4.82. The van der Waals surface area contributed by atoms with E-state index in [1.54, 1.807) is 0 Å². The minimum Gasteiger partial charge on any atom is -0.258 e. The average molecular weight is 312 g/mol. The smallest absolute Gasteiger partial charge is 0.258 e. The summed E-state index contributed by atoms with van der Waals surface area (Å²) in [6.45, 7) is 1.04. The van der Waals surface area contributed by atoms with Gasteiger partial charge in [0.05, 0.1) is 14.6 Å². The number of hydrogen-bond donors (Lipinski definition) is 0. The molecule has 0 fully saturated rings. The van der Waals surface area contributed by atoms with Crippen LogP contribution in [0, 0.1) is 10.1 Å². The number of nitrogens with zero attached hydrogens (tertiary/aromatic N) is 2. The molecular weight excluding hydrogens is 303 g/mol. The van der Waals surface area contributed by atoms with Crippen LogP contribution < -0.4 is 0 Å². The van der Waals surface area contributed by atoms with Gasteiger partial charge in [-0.3, -0.25) is 10.1 Å². The molecule has 0 aromatic heterocycles. The largest absolute Gasteiger partial charge is 0.290 e. The van der Waals surface area contributed by atoms with Gasteiger partial charge in [0.1, 0.15) is 0 Å². The van der Waals surface area contributed by atoms with Gasteiger partial charge in [0.2, 0.25) is 0 Å². The minimum absolute atomic E-state index is 0.755. The van der Waals surface area contributed by atoms with Crippen LogP contribution in [0.4, 0.5) is 10.2 Å². The Bertz CT molecular complexity index is 700. The van der Waals surface area contributed by atoms with Crippen LogP contribution in [-0.2, 0) is 20.0 Å². The second kappa shape index (κ2) is 5.19. The molecule has 0 unspecified atom stereocenters. The molecular formula is C8H9FN2O6S2. The van der Waals surface area contributed by atoms with E-state index in [9.17, 15) is 31.4 Å². The highest BCUT2D eigenvalue weighted by Gasteiger charge is 2.39. The normalized spacial score (nSPS) is 12.6. The molecule has 0 radical (unpaired) electrons. The molecule has 1 aromatic rings. The van der Waals surface area contributed by atoms with Gasteiger partial charge in [0.15, 0.2) is 4.90 Å². The zero-order valence-corrected chi connectivity index (χ0v) is 11.2. The van der Waals surface area contributed by atoms with Crippen LogP contribution >= 0.6 is 0 Å². The summed E-state index contributed by atoms with van der Waals surface area (Å²) >= 11 is 0.